The molecule has 32 heavy (non-hydrogen) atoms. The van der Waals surface area contributed by atoms with Crippen molar-refractivity contribution in [3.8, 4) is 0 Å². The number of amidine groups is 1. The lowest BCUT2D eigenvalue weighted by Crippen LogP contribution is -2.16. The highest BCUT2D eigenvalue weighted by molar-refractivity contribution is 5.88. The van der Waals surface area contributed by atoms with E-state index >= 15 is 0 Å². The molecule has 4 nitrogen and oxygen atoms in total. The van der Waals surface area contributed by atoms with Gasteiger partial charge in [-0.2, -0.15) is 0 Å². The first-order valence-electron chi connectivity index (χ1n) is 10.8. The van der Waals surface area contributed by atoms with Crippen molar-refractivity contribution in [1.82, 2.24) is 0 Å². The van der Waals surface area contributed by atoms with E-state index in [9.17, 15) is 8.78 Å². The second kappa shape index (κ2) is 7.90. The number of oxime groups is 1. The van der Waals surface area contributed by atoms with Crippen molar-refractivity contribution in [2.45, 2.75) is 18.9 Å². The summed E-state index contributed by atoms with van der Waals surface area (Å²) in [4.78, 5) is 3.56. The van der Waals surface area contributed by atoms with E-state index < -0.39 is 0 Å². The predicted molar refractivity (Wildman–Crippen MR) is 119 cm³/mol. The molecule has 0 aliphatic heterocycles. The Bertz CT molecular complexity index is 1200. The van der Waals surface area contributed by atoms with Gasteiger partial charge in [0.05, 0.1) is 11.8 Å². The molecule has 0 unspecified atom stereocenters. The van der Waals surface area contributed by atoms with Crippen molar-refractivity contribution in [2.75, 3.05) is 0 Å². The highest BCUT2D eigenvalue weighted by atomic mass is 19.1. The van der Waals surface area contributed by atoms with Gasteiger partial charge in [-0.15, -0.1) is 0 Å². The molecule has 3 N–H and O–H groups in total. The molecular weight excluding hydrogens is 408 g/mol. The topological polar surface area (TPSA) is 63.0 Å². The molecule has 0 radical (unpaired) electrons. The van der Waals surface area contributed by atoms with Gasteiger partial charge in [0.25, 0.3) is 0 Å². The Morgan fingerprint density at radius 3 is 1.91 bits per heavy atom. The molecule has 2 aromatic carbocycles. The van der Waals surface area contributed by atoms with Gasteiger partial charge in [0, 0.05) is 5.92 Å². The molecular formula is C26H23F2N3O. The first-order valence-corrected chi connectivity index (χ1v) is 10.8. The van der Waals surface area contributed by atoms with Gasteiger partial charge >= 0.3 is 0 Å². The van der Waals surface area contributed by atoms with Gasteiger partial charge in [-0.05, 0) is 71.2 Å². The van der Waals surface area contributed by atoms with Crippen molar-refractivity contribution in [1.29, 1.82) is 0 Å². The Balaban J connectivity index is 0.000000136. The van der Waals surface area contributed by atoms with Crippen LogP contribution in [0.1, 0.15) is 24.0 Å². The Kier molecular flexibility index (Phi) is 5.05. The van der Waals surface area contributed by atoms with Crippen LogP contribution < -0.4 is 5.73 Å². The SMILES string of the molecule is N/C(=N\O)[C@@H]1[C@H]2C=C(c3cccc(F)c3)C[C@H]21.[C-]#[N+][C@@H]1[C@H]2C=C(c3cccc(F)c3)C[C@H]21. The lowest BCUT2D eigenvalue weighted by molar-refractivity contribution is 0.316. The van der Waals surface area contributed by atoms with E-state index in [1.807, 2.05) is 12.1 Å². The zero-order valence-corrected chi connectivity index (χ0v) is 17.3. The summed E-state index contributed by atoms with van der Waals surface area (Å²) in [6.07, 6.45) is 6.11. The van der Waals surface area contributed by atoms with Crippen molar-refractivity contribution >= 4 is 17.0 Å². The van der Waals surface area contributed by atoms with Crippen LogP contribution in [0.15, 0.2) is 65.8 Å². The maximum absolute atomic E-state index is 13.1. The summed E-state index contributed by atoms with van der Waals surface area (Å²) >= 11 is 0. The molecule has 0 bridgehead atoms. The molecule has 0 amide bonds. The lowest BCUT2D eigenvalue weighted by Gasteiger charge is -2.06. The second-order valence-electron chi connectivity index (χ2n) is 8.97. The van der Waals surface area contributed by atoms with Gasteiger partial charge < -0.3 is 15.8 Å². The highest BCUT2D eigenvalue weighted by Crippen LogP contribution is 2.58. The monoisotopic (exact) mass is 431 g/mol. The number of nitrogens with two attached hydrogens (primary N) is 1. The van der Waals surface area contributed by atoms with Crippen LogP contribution in [-0.2, 0) is 0 Å². The van der Waals surface area contributed by atoms with Crippen molar-refractivity contribution in [3.05, 3.63) is 94.9 Å². The van der Waals surface area contributed by atoms with Gasteiger partial charge in [0.1, 0.15) is 17.5 Å². The van der Waals surface area contributed by atoms with Crippen LogP contribution in [-0.4, -0.2) is 17.1 Å². The minimum Gasteiger partial charge on any atom is -0.409 e. The molecule has 6 heteroatoms. The number of halogens is 2. The van der Waals surface area contributed by atoms with Gasteiger partial charge in [-0.25, -0.2) is 15.4 Å². The number of benzene rings is 2. The van der Waals surface area contributed by atoms with Crippen LogP contribution in [0.5, 0.6) is 0 Å². The molecule has 2 saturated carbocycles. The van der Waals surface area contributed by atoms with Crippen molar-refractivity contribution in [3.63, 3.8) is 0 Å². The summed E-state index contributed by atoms with van der Waals surface area (Å²) in [5.41, 5.74) is 9.89. The molecule has 4 aliphatic carbocycles. The van der Waals surface area contributed by atoms with E-state index in [-0.39, 0.29) is 23.6 Å². The molecule has 6 rings (SSSR count). The summed E-state index contributed by atoms with van der Waals surface area (Å²) in [5, 5.41) is 11.7. The first-order chi connectivity index (χ1) is 15.5. The van der Waals surface area contributed by atoms with E-state index in [0.717, 1.165) is 24.0 Å². The minimum absolute atomic E-state index is 0.178. The van der Waals surface area contributed by atoms with Gasteiger partial charge in [-0.3, -0.25) is 0 Å². The molecule has 4 aliphatic rings. The Labute approximate surface area is 185 Å². The third-order valence-corrected chi connectivity index (χ3v) is 7.11. The summed E-state index contributed by atoms with van der Waals surface area (Å²) in [6, 6.07) is 13.5. The second-order valence-corrected chi connectivity index (χ2v) is 8.97. The molecule has 0 spiro atoms. The fourth-order valence-corrected chi connectivity index (χ4v) is 5.33. The molecule has 0 heterocycles. The Morgan fingerprint density at radius 2 is 1.50 bits per heavy atom. The number of fused-ring (bicyclic) bond motifs is 2. The fourth-order valence-electron chi connectivity index (χ4n) is 5.33. The minimum atomic E-state index is -0.211. The molecule has 2 aromatic rings. The quantitative estimate of drug-likeness (QED) is 0.226. The lowest BCUT2D eigenvalue weighted by atomic mass is 10.0. The smallest absolute Gasteiger partial charge is 0.234 e. The van der Waals surface area contributed by atoms with E-state index in [2.05, 4.69) is 22.2 Å². The van der Waals surface area contributed by atoms with Crippen LogP contribution in [0.4, 0.5) is 8.78 Å². The maximum atomic E-state index is 13.1. The summed E-state index contributed by atoms with van der Waals surface area (Å²) in [6.45, 7) is 6.96. The standard InChI is InChI=1S/C13H13FN2O.C13H10FN/c14-9-3-1-2-7(4-9)8-5-10-11(6-8)12(10)13(15)16-17;1-15-13-11-6-9(7-12(11)13)8-3-2-4-10(14)5-8/h1-5,10-12,17H,6H2,(H2,15,16);2-6,11-13H,7H2/t10-,11+,12+;11-,12+,13+/m00/s1. The van der Waals surface area contributed by atoms with Gasteiger partial charge in [0.15, 0.2) is 0 Å². The van der Waals surface area contributed by atoms with Crippen LogP contribution in [0.2, 0.25) is 0 Å². The number of hydrogen-bond acceptors (Lipinski definition) is 2. The van der Waals surface area contributed by atoms with Crippen LogP contribution in [0.3, 0.4) is 0 Å². The van der Waals surface area contributed by atoms with E-state index in [4.69, 9.17) is 17.5 Å². The molecule has 2 fully saturated rings. The number of rotatable bonds is 3. The van der Waals surface area contributed by atoms with E-state index in [0.29, 0.717) is 29.5 Å². The largest absolute Gasteiger partial charge is 0.409 e. The molecule has 162 valence electrons. The predicted octanol–water partition coefficient (Wildman–Crippen LogP) is 5.37. The average Bonchev–Trinajstić information content (AvgIpc) is 3.50. The Morgan fingerprint density at radius 1 is 0.938 bits per heavy atom. The molecule has 0 saturated heterocycles. The molecule has 6 atom stereocenters. The zero-order valence-electron chi connectivity index (χ0n) is 17.3. The summed E-state index contributed by atoms with van der Waals surface area (Å²) < 4.78 is 26.1. The number of allylic oxidation sites excluding steroid dienone is 3. The van der Waals surface area contributed by atoms with Gasteiger partial charge in [0.2, 0.25) is 6.04 Å². The first kappa shape index (κ1) is 20.4. The number of nitrogens with zero attached hydrogens (tertiary/aromatic N) is 2. The van der Waals surface area contributed by atoms with Crippen LogP contribution in [0, 0.1) is 47.8 Å². The molecule has 0 aromatic heterocycles. The fraction of sp³-hybridized carbons (Fsp3) is 0.308. The van der Waals surface area contributed by atoms with Gasteiger partial charge in [-0.1, -0.05) is 41.6 Å². The third-order valence-electron chi connectivity index (χ3n) is 7.11. The highest BCUT2D eigenvalue weighted by Gasteiger charge is 2.59. The average molecular weight is 431 g/mol. The maximum Gasteiger partial charge on any atom is 0.234 e. The Hall–Kier alpha value is -3.46. The summed E-state index contributed by atoms with van der Waals surface area (Å²) in [7, 11) is 0. The van der Waals surface area contributed by atoms with E-state index in [1.165, 1.54) is 23.3 Å². The van der Waals surface area contributed by atoms with Crippen molar-refractivity contribution in [2.24, 2.45) is 40.5 Å². The van der Waals surface area contributed by atoms with Crippen LogP contribution >= 0.6 is 0 Å². The normalized spacial score (nSPS) is 31.3. The third kappa shape index (κ3) is 3.69. The zero-order chi connectivity index (χ0) is 22.4. The van der Waals surface area contributed by atoms with Crippen molar-refractivity contribution < 1.29 is 14.0 Å². The number of hydrogen-bond donors (Lipinski definition) is 2. The van der Waals surface area contributed by atoms with E-state index in [1.54, 1.807) is 24.3 Å². The van der Waals surface area contributed by atoms with Crippen LogP contribution in [0.25, 0.3) is 16.0 Å². The summed E-state index contributed by atoms with van der Waals surface area (Å²) in [5.74, 6) is 1.86.